The fourth-order valence-electron chi connectivity index (χ4n) is 3.72. The molecular weight excluding hydrogens is 264 g/mol. The monoisotopic (exact) mass is 286 g/mol. The van der Waals surface area contributed by atoms with Crippen LogP contribution in [-0.4, -0.2) is 35.6 Å². The molecule has 2 aliphatic heterocycles. The van der Waals surface area contributed by atoms with Crippen molar-refractivity contribution in [3.63, 3.8) is 0 Å². The van der Waals surface area contributed by atoms with Crippen LogP contribution < -0.4 is 5.32 Å². The molecule has 2 heterocycles. The Morgan fingerprint density at radius 1 is 1.33 bits per heavy atom. The summed E-state index contributed by atoms with van der Waals surface area (Å²) in [5, 5.41) is 3.62. The van der Waals surface area contributed by atoms with E-state index in [-0.39, 0.29) is 23.7 Å². The molecule has 0 aromatic heterocycles. The quantitative estimate of drug-likeness (QED) is 0.905. The molecular formula is C17H22N2O2. The molecule has 0 bridgehead atoms. The molecule has 2 saturated heterocycles. The molecule has 1 spiro atoms. The van der Waals surface area contributed by atoms with E-state index in [1.807, 2.05) is 0 Å². The molecule has 2 unspecified atom stereocenters. The van der Waals surface area contributed by atoms with Gasteiger partial charge in [0, 0.05) is 6.61 Å². The van der Waals surface area contributed by atoms with Crippen LogP contribution in [0.25, 0.3) is 0 Å². The number of amides is 1. The van der Waals surface area contributed by atoms with Crippen LogP contribution in [-0.2, 0) is 9.53 Å². The third kappa shape index (κ3) is 2.00. The lowest BCUT2D eigenvalue weighted by molar-refractivity contribution is -0.133. The highest BCUT2D eigenvalue weighted by Gasteiger charge is 2.60. The van der Waals surface area contributed by atoms with Crippen LogP contribution in [0.3, 0.4) is 0 Å². The van der Waals surface area contributed by atoms with Gasteiger partial charge in [0.05, 0.1) is 12.6 Å². The summed E-state index contributed by atoms with van der Waals surface area (Å²) in [6, 6.07) is 6.72. The van der Waals surface area contributed by atoms with Crippen LogP contribution in [0.1, 0.15) is 42.1 Å². The first kappa shape index (κ1) is 13.3. The number of nitrogens with one attached hydrogen (secondary N) is 1. The summed E-state index contributed by atoms with van der Waals surface area (Å²) in [6.45, 7) is 5.68. The number of carbonyl (C=O) groups is 1. The van der Waals surface area contributed by atoms with Crippen molar-refractivity contribution in [3.8, 4) is 0 Å². The first-order valence-electron chi connectivity index (χ1n) is 7.86. The Morgan fingerprint density at radius 2 is 2.14 bits per heavy atom. The zero-order valence-electron chi connectivity index (χ0n) is 12.7. The molecule has 3 aliphatic rings. The van der Waals surface area contributed by atoms with E-state index < -0.39 is 0 Å². The normalized spacial score (nSPS) is 30.4. The van der Waals surface area contributed by atoms with Gasteiger partial charge in [-0.3, -0.25) is 10.1 Å². The summed E-state index contributed by atoms with van der Waals surface area (Å²) >= 11 is 0. The third-order valence-electron chi connectivity index (χ3n) is 5.10. The van der Waals surface area contributed by atoms with Crippen LogP contribution in [0, 0.1) is 13.8 Å². The second-order valence-electron chi connectivity index (χ2n) is 6.72. The van der Waals surface area contributed by atoms with Crippen molar-refractivity contribution in [3.05, 3.63) is 34.9 Å². The fraction of sp³-hybridized carbons (Fsp3) is 0.588. The molecule has 1 aliphatic carbocycles. The average molecular weight is 286 g/mol. The Morgan fingerprint density at radius 3 is 2.76 bits per heavy atom. The molecule has 1 saturated carbocycles. The summed E-state index contributed by atoms with van der Waals surface area (Å²) in [4.78, 5) is 14.9. The zero-order chi connectivity index (χ0) is 14.6. The van der Waals surface area contributed by atoms with Crippen molar-refractivity contribution >= 4 is 5.91 Å². The first-order valence-corrected chi connectivity index (χ1v) is 7.86. The second kappa shape index (κ2) is 4.55. The summed E-state index contributed by atoms with van der Waals surface area (Å²) in [5.41, 5.74) is 3.47. The molecule has 4 nitrogen and oxygen atoms in total. The number of rotatable bonds is 2. The molecule has 112 valence electrons. The lowest BCUT2D eigenvalue weighted by atomic mass is 10.0. The number of carbonyl (C=O) groups excluding carboxylic acids is 1. The molecule has 3 fully saturated rings. The minimum Gasteiger partial charge on any atom is -0.379 e. The minimum atomic E-state index is -0.273. The van der Waals surface area contributed by atoms with Crippen LogP contribution in [0.5, 0.6) is 0 Å². The highest BCUT2D eigenvalue weighted by molar-refractivity contribution is 5.92. The molecule has 21 heavy (non-hydrogen) atoms. The minimum absolute atomic E-state index is 0.00676. The van der Waals surface area contributed by atoms with E-state index in [9.17, 15) is 4.79 Å². The second-order valence-corrected chi connectivity index (χ2v) is 6.72. The molecule has 1 aromatic rings. The van der Waals surface area contributed by atoms with E-state index in [0.717, 1.165) is 25.9 Å². The summed E-state index contributed by atoms with van der Waals surface area (Å²) in [7, 11) is 0. The number of benzene rings is 1. The van der Waals surface area contributed by atoms with Crippen LogP contribution >= 0.6 is 0 Å². The molecule has 4 rings (SSSR count). The maximum absolute atomic E-state index is 12.8. The van der Waals surface area contributed by atoms with E-state index in [1.165, 1.54) is 16.7 Å². The number of hydrogen-bond donors (Lipinski definition) is 1. The highest BCUT2D eigenvalue weighted by Crippen LogP contribution is 2.47. The Kier molecular flexibility index (Phi) is 2.88. The predicted molar refractivity (Wildman–Crippen MR) is 79.8 cm³/mol. The third-order valence-corrected chi connectivity index (χ3v) is 5.10. The number of nitrogens with zero attached hydrogens (tertiary/aromatic N) is 1. The van der Waals surface area contributed by atoms with E-state index in [4.69, 9.17) is 4.74 Å². The Balaban J connectivity index is 1.72. The summed E-state index contributed by atoms with van der Waals surface area (Å²) in [6.07, 6.45) is 2.90. The molecule has 1 amide bonds. The van der Waals surface area contributed by atoms with Crippen molar-refractivity contribution in [1.82, 2.24) is 10.2 Å². The predicted octanol–water partition coefficient (Wildman–Crippen LogP) is 2.06. The molecule has 1 N–H and O–H groups in total. The van der Waals surface area contributed by atoms with Crippen molar-refractivity contribution in [2.45, 2.75) is 50.9 Å². The SMILES string of the molecule is Cc1ccc(C2NC3(CC3)C(=O)N2C2CCOC2)c(C)c1. The Labute approximate surface area is 125 Å². The van der Waals surface area contributed by atoms with Crippen molar-refractivity contribution in [2.24, 2.45) is 0 Å². The largest absolute Gasteiger partial charge is 0.379 e. The van der Waals surface area contributed by atoms with Gasteiger partial charge in [-0.05, 0) is 44.2 Å². The number of hydrogen-bond acceptors (Lipinski definition) is 3. The van der Waals surface area contributed by atoms with Crippen molar-refractivity contribution in [2.75, 3.05) is 13.2 Å². The molecule has 0 radical (unpaired) electrons. The molecule has 2 atom stereocenters. The fourth-order valence-corrected chi connectivity index (χ4v) is 3.72. The van der Waals surface area contributed by atoms with E-state index in [1.54, 1.807) is 0 Å². The maximum Gasteiger partial charge on any atom is 0.244 e. The summed E-state index contributed by atoms with van der Waals surface area (Å²) < 4.78 is 5.52. The van der Waals surface area contributed by atoms with Gasteiger partial charge in [-0.25, -0.2) is 0 Å². The van der Waals surface area contributed by atoms with Gasteiger partial charge in [0.25, 0.3) is 0 Å². The number of ether oxygens (including phenoxy) is 1. The maximum atomic E-state index is 12.8. The van der Waals surface area contributed by atoms with Crippen LogP contribution in [0.4, 0.5) is 0 Å². The first-order chi connectivity index (χ1) is 10.1. The smallest absolute Gasteiger partial charge is 0.244 e. The van der Waals surface area contributed by atoms with Crippen LogP contribution in [0.15, 0.2) is 18.2 Å². The zero-order valence-corrected chi connectivity index (χ0v) is 12.7. The highest BCUT2D eigenvalue weighted by atomic mass is 16.5. The van der Waals surface area contributed by atoms with Gasteiger partial charge < -0.3 is 9.64 Å². The van der Waals surface area contributed by atoms with Crippen molar-refractivity contribution in [1.29, 1.82) is 0 Å². The topological polar surface area (TPSA) is 41.6 Å². The Hall–Kier alpha value is -1.39. The summed E-state index contributed by atoms with van der Waals surface area (Å²) in [5.74, 6) is 0.281. The standard InChI is InChI=1S/C17H22N2O2/c1-11-3-4-14(12(2)9-11)15-18-17(6-7-17)16(20)19(15)13-5-8-21-10-13/h3-4,9,13,15,18H,5-8,10H2,1-2H3. The van der Waals surface area contributed by atoms with Gasteiger partial charge in [0.15, 0.2) is 0 Å². The van der Waals surface area contributed by atoms with Gasteiger partial charge in [-0.15, -0.1) is 0 Å². The van der Waals surface area contributed by atoms with Crippen LogP contribution in [0.2, 0.25) is 0 Å². The number of aryl methyl sites for hydroxylation is 2. The van der Waals surface area contributed by atoms with E-state index in [0.29, 0.717) is 6.61 Å². The van der Waals surface area contributed by atoms with Gasteiger partial charge in [0.2, 0.25) is 5.91 Å². The van der Waals surface area contributed by atoms with Gasteiger partial charge >= 0.3 is 0 Å². The van der Waals surface area contributed by atoms with Crippen molar-refractivity contribution < 1.29 is 9.53 Å². The van der Waals surface area contributed by atoms with Gasteiger partial charge in [-0.1, -0.05) is 23.8 Å². The lowest BCUT2D eigenvalue weighted by Gasteiger charge is -2.30. The molecule has 4 heteroatoms. The Bertz CT molecular complexity index is 588. The van der Waals surface area contributed by atoms with Gasteiger partial charge in [0.1, 0.15) is 11.7 Å². The van der Waals surface area contributed by atoms with E-state index in [2.05, 4.69) is 42.3 Å². The van der Waals surface area contributed by atoms with E-state index >= 15 is 0 Å². The lowest BCUT2D eigenvalue weighted by Crippen LogP contribution is -2.41. The molecule has 1 aromatic carbocycles. The van der Waals surface area contributed by atoms with Gasteiger partial charge in [-0.2, -0.15) is 0 Å². The average Bonchev–Trinajstić information content (AvgIpc) is 2.91.